The lowest BCUT2D eigenvalue weighted by Gasteiger charge is -2.23. The van der Waals surface area contributed by atoms with E-state index in [2.05, 4.69) is 9.97 Å². The van der Waals surface area contributed by atoms with Gasteiger partial charge in [0.2, 0.25) is 5.95 Å². The van der Waals surface area contributed by atoms with Crippen molar-refractivity contribution < 1.29 is 28.9 Å². The zero-order valence-corrected chi connectivity index (χ0v) is 22.3. The Labute approximate surface area is 225 Å². The third-order valence-electron chi connectivity index (χ3n) is 6.57. The Balaban J connectivity index is 1.69. The molecule has 0 saturated carbocycles. The number of aliphatic hydroxyl groups excluding tert-OH is 1. The summed E-state index contributed by atoms with van der Waals surface area (Å²) in [4.78, 5) is 36.1. The maximum Gasteiger partial charge on any atom is 0.302 e. The topological polar surface area (TPSA) is 114 Å². The van der Waals surface area contributed by atoms with Crippen molar-refractivity contribution in [2.45, 2.75) is 32.9 Å². The van der Waals surface area contributed by atoms with Crippen LogP contribution in [0.4, 0.5) is 5.95 Å². The Morgan fingerprint density at radius 1 is 1.00 bits per heavy atom. The highest BCUT2D eigenvalue weighted by Crippen LogP contribution is 2.43. The first-order valence-electron chi connectivity index (χ1n) is 12.5. The van der Waals surface area contributed by atoms with Crippen LogP contribution < -0.4 is 19.1 Å². The van der Waals surface area contributed by atoms with Gasteiger partial charge in [-0.2, -0.15) is 0 Å². The number of imidazole rings is 1. The van der Waals surface area contributed by atoms with Crippen molar-refractivity contribution in [3.8, 4) is 17.2 Å². The van der Waals surface area contributed by atoms with Crippen molar-refractivity contribution in [1.82, 2.24) is 9.97 Å². The number of hydrogen-bond donors (Lipinski definition) is 2. The molecule has 0 radical (unpaired) electrons. The van der Waals surface area contributed by atoms with Crippen molar-refractivity contribution in [2.75, 3.05) is 19.1 Å². The number of H-pyrrole nitrogens is 1. The molecule has 1 saturated heterocycles. The molecule has 0 bridgehead atoms. The van der Waals surface area contributed by atoms with Gasteiger partial charge < -0.3 is 24.3 Å². The van der Waals surface area contributed by atoms with Crippen LogP contribution in [0.3, 0.4) is 0 Å². The lowest BCUT2D eigenvalue weighted by Crippen LogP contribution is -2.30. The second-order valence-corrected chi connectivity index (χ2v) is 9.54. The fourth-order valence-corrected chi connectivity index (χ4v) is 4.73. The summed E-state index contributed by atoms with van der Waals surface area (Å²) in [7, 11) is 3.09. The molecule has 1 unspecified atom stereocenters. The number of nitrogens with one attached hydrogen (secondary N) is 1. The van der Waals surface area contributed by atoms with E-state index in [4.69, 9.17) is 14.2 Å². The van der Waals surface area contributed by atoms with E-state index in [0.717, 1.165) is 5.56 Å². The number of nitrogens with zero attached hydrogens (tertiary/aromatic N) is 2. The third-order valence-corrected chi connectivity index (χ3v) is 6.57. The minimum atomic E-state index is -0.963. The van der Waals surface area contributed by atoms with Gasteiger partial charge in [0, 0.05) is 11.6 Å². The molecule has 9 heteroatoms. The van der Waals surface area contributed by atoms with Gasteiger partial charge in [0.05, 0.1) is 43.0 Å². The van der Waals surface area contributed by atoms with Crippen molar-refractivity contribution in [2.24, 2.45) is 0 Å². The van der Waals surface area contributed by atoms with E-state index in [1.54, 1.807) is 67.8 Å². The molecule has 200 valence electrons. The molecule has 5 rings (SSSR count). The van der Waals surface area contributed by atoms with Crippen molar-refractivity contribution in [1.29, 1.82) is 0 Å². The van der Waals surface area contributed by atoms with Crippen LogP contribution in [0.5, 0.6) is 17.2 Å². The maximum atomic E-state index is 13.5. The fourth-order valence-electron chi connectivity index (χ4n) is 4.73. The minimum absolute atomic E-state index is 0.0229. The van der Waals surface area contributed by atoms with E-state index in [9.17, 15) is 14.7 Å². The summed E-state index contributed by atoms with van der Waals surface area (Å²) in [6.45, 7) is 5.71. The number of rotatable bonds is 7. The van der Waals surface area contributed by atoms with Crippen LogP contribution >= 0.6 is 0 Å². The summed E-state index contributed by atoms with van der Waals surface area (Å²) in [6.07, 6.45) is -0.0229. The highest BCUT2D eigenvalue weighted by atomic mass is 16.5. The van der Waals surface area contributed by atoms with Crippen LogP contribution in [0.25, 0.3) is 16.8 Å². The Bertz CT molecular complexity index is 1620. The molecule has 1 aliphatic rings. The average molecular weight is 528 g/mol. The van der Waals surface area contributed by atoms with Crippen LogP contribution in [-0.4, -0.2) is 47.1 Å². The molecular formula is C30H29N3O6. The Kier molecular flexibility index (Phi) is 6.74. The van der Waals surface area contributed by atoms with Crippen LogP contribution in [0, 0.1) is 6.92 Å². The van der Waals surface area contributed by atoms with E-state index in [1.165, 1.54) is 12.0 Å². The Hall–Kier alpha value is -4.79. The van der Waals surface area contributed by atoms with E-state index >= 15 is 0 Å². The summed E-state index contributed by atoms with van der Waals surface area (Å²) in [5.41, 5.74) is 2.92. The molecule has 1 aromatic heterocycles. The Morgan fingerprint density at radius 2 is 1.74 bits per heavy atom. The molecule has 1 fully saturated rings. The van der Waals surface area contributed by atoms with Crippen molar-refractivity contribution in [3.63, 3.8) is 0 Å². The molecule has 0 spiro atoms. The molecule has 9 nitrogen and oxygen atoms in total. The predicted molar refractivity (Wildman–Crippen MR) is 147 cm³/mol. The lowest BCUT2D eigenvalue weighted by molar-refractivity contribution is -0.132. The van der Waals surface area contributed by atoms with Gasteiger partial charge in [-0.3, -0.25) is 14.5 Å². The number of amides is 1. The summed E-state index contributed by atoms with van der Waals surface area (Å²) in [5, 5.41) is 11.5. The fraction of sp³-hybridized carbons (Fsp3) is 0.233. The number of aryl methyl sites for hydroxylation is 1. The monoisotopic (exact) mass is 527 g/mol. The van der Waals surface area contributed by atoms with Gasteiger partial charge >= 0.3 is 5.91 Å². The molecule has 2 N–H and O–H groups in total. The summed E-state index contributed by atoms with van der Waals surface area (Å²) in [6, 6.07) is 16.5. The van der Waals surface area contributed by atoms with Gasteiger partial charge in [0.15, 0.2) is 0 Å². The van der Waals surface area contributed by atoms with E-state index in [-0.39, 0.29) is 23.4 Å². The standard InChI is InChI=1S/C30H29N3O6/c1-16(2)39-24-12-9-19(13-17(24)3)27(34)25-26(18-7-6-8-20(14-18)37-4)33(29(36)28(25)35)30-31-22-11-10-21(38-5)15-23(22)32-30/h6-16,26,34H,1-5H3,(H,31,32)/b27-25+. The van der Waals surface area contributed by atoms with E-state index in [0.29, 0.717) is 39.4 Å². The number of fused-ring (bicyclic) bond motifs is 1. The first-order chi connectivity index (χ1) is 18.7. The normalized spacial score (nSPS) is 16.8. The van der Waals surface area contributed by atoms with Gasteiger partial charge in [-0.25, -0.2) is 4.98 Å². The molecule has 2 heterocycles. The molecule has 0 aliphatic carbocycles. The smallest absolute Gasteiger partial charge is 0.302 e. The number of aromatic amines is 1. The molecule has 1 aliphatic heterocycles. The van der Waals surface area contributed by atoms with E-state index < -0.39 is 17.7 Å². The largest absolute Gasteiger partial charge is 0.507 e. The number of methoxy groups -OCH3 is 2. The SMILES string of the molecule is COc1cccc(C2/C(=C(\O)c3ccc(OC(C)C)c(C)c3)C(=O)C(=O)N2c2nc3ccc(OC)cc3[nH]2)c1. The number of ether oxygens (including phenoxy) is 3. The van der Waals surface area contributed by atoms with Crippen molar-refractivity contribution >= 4 is 34.4 Å². The highest BCUT2D eigenvalue weighted by molar-refractivity contribution is 6.51. The molecule has 39 heavy (non-hydrogen) atoms. The van der Waals surface area contributed by atoms with E-state index in [1.807, 2.05) is 20.8 Å². The molecule has 1 amide bonds. The van der Waals surface area contributed by atoms with Gasteiger partial charge in [-0.15, -0.1) is 0 Å². The number of anilines is 1. The van der Waals surface area contributed by atoms with Gasteiger partial charge in [0.25, 0.3) is 5.78 Å². The van der Waals surface area contributed by atoms with Crippen LogP contribution in [0.1, 0.15) is 36.6 Å². The quantitative estimate of drug-likeness (QED) is 0.190. The van der Waals surface area contributed by atoms with Gasteiger partial charge in [-0.05, 0) is 74.4 Å². The number of carbonyl (C=O) groups is 2. The number of carbonyl (C=O) groups excluding carboxylic acids is 2. The minimum Gasteiger partial charge on any atom is -0.507 e. The van der Waals surface area contributed by atoms with Crippen LogP contribution in [-0.2, 0) is 9.59 Å². The second kappa shape index (κ2) is 10.2. The summed E-state index contributed by atoms with van der Waals surface area (Å²) < 4.78 is 16.5. The predicted octanol–water partition coefficient (Wildman–Crippen LogP) is 5.30. The molecule has 1 atom stereocenters. The number of benzene rings is 3. The summed E-state index contributed by atoms with van der Waals surface area (Å²) in [5.74, 6) is 0.0713. The van der Waals surface area contributed by atoms with Crippen LogP contribution in [0.15, 0.2) is 66.2 Å². The lowest BCUT2D eigenvalue weighted by atomic mass is 9.94. The van der Waals surface area contributed by atoms with Crippen molar-refractivity contribution in [3.05, 3.63) is 82.9 Å². The maximum absolute atomic E-state index is 13.5. The number of ketones is 1. The highest BCUT2D eigenvalue weighted by Gasteiger charge is 2.48. The molecule has 4 aromatic rings. The number of hydrogen-bond acceptors (Lipinski definition) is 7. The molecule has 3 aromatic carbocycles. The zero-order chi connectivity index (χ0) is 27.8. The number of Topliss-reactive ketones (excluding diaryl/α,β-unsaturated/α-hetero) is 1. The van der Waals surface area contributed by atoms with Gasteiger partial charge in [0.1, 0.15) is 23.0 Å². The zero-order valence-electron chi connectivity index (χ0n) is 22.3. The third kappa shape index (κ3) is 4.67. The number of aliphatic hydroxyl groups is 1. The van der Waals surface area contributed by atoms with Gasteiger partial charge in [-0.1, -0.05) is 12.1 Å². The average Bonchev–Trinajstić information content (AvgIpc) is 3.46. The molecular weight excluding hydrogens is 498 g/mol. The summed E-state index contributed by atoms with van der Waals surface area (Å²) >= 11 is 0. The Morgan fingerprint density at radius 3 is 2.44 bits per heavy atom. The first-order valence-corrected chi connectivity index (χ1v) is 12.5. The first kappa shape index (κ1) is 25.8. The second-order valence-electron chi connectivity index (χ2n) is 9.54. The number of aromatic nitrogens is 2. The van der Waals surface area contributed by atoms with Crippen LogP contribution in [0.2, 0.25) is 0 Å².